The molecule has 11 heteroatoms. The summed E-state index contributed by atoms with van der Waals surface area (Å²) in [6.45, 7) is 0.112. The van der Waals surface area contributed by atoms with Crippen molar-refractivity contribution >= 4 is 37.2 Å². The third kappa shape index (κ3) is 4.74. The number of fused-ring (bicyclic) bond motifs is 1. The molecule has 0 aliphatic rings. The highest BCUT2D eigenvalue weighted by Gasteiger charge is 2.35. The molecule has 170 valence electrons. The highest BCUT2D eigenvalue weighted by molar-refractivity contribution is 7.91. The van der Waals surface area contributed by atoms with Crippen molar-refractivity contribution in [3.05, 3.63) is 88.8 Å². The van der Waals surface area contributed by atoms with Gasteiger partial charge in [-0.1, -0.05) is 12.1 Å². The summed E-state index contributed by atoms with van der Waals surface area (Å²) >= 11 is 1.29. The maximum atomic E-state index is 13.5. The van der Waals surface area contributed by atoms with E-state index in [-0.39, 0.29) is 23.4 Å². The van der Waals surface area contributed by atoms with Crippen LogP contribution in [-0.2, 0) is 22.6 Å². The quantitative estimate of drug-likeness (QED) is 0.305. The minimum Gasteiger partial charge on any atom is -0.347 e. The number of rotatable bonds is 5. The molecule has 2 heterocycles. The molecule has 4 aromatic rings. The summed E-state index contributed by atoms with van der Waals surface area (Å²) in [5.41, 5.74) is -1.07. The Balaban J connectivity index is 1.49. The smallest absolute Gasteiger partial charge is 0.347 e. The van der Waals surface area contributed by atoms with Gasteiger partial charge in [-0.2, -0.15) is 13.2 Å². The normalized spacial score (nSPS) is 12.1. The van der Waals surface area contributed by atoms with Crippen LogP contribution in [0.4, 0.5) is 17.6 Å². The number of nitrogens with one attached hydrogen (secondary N) is 1. The van der Waals surface area contributed by atoms with E-state index in [1.165, 1.54) is 35.6 Å². The molecule has 0 atom stereocenters. The number of thiophene rings is 1. The van der Waals surface area contributed by atoms with Crippen LogP contribution in [0.2, 0.25) is 0 Å². The monoisotopic (exact) mass is 494 g/mol. The van der Waals surface area contributed by atoms with Crippen molar-refractivity contribution in [1.29, 1.82) is 0 Å². The van der Waals surface area contributed by atoms with Gasteiger partial charge in [-0.3, -0.25) is 9.78 Å². The lowest BCUT2D eigenvalue weighted by molar-refractivity contribution is -0.140. The van der Waals surface area contributed by atoms with Crippen LogP contribution >= 0.6 is 11.3 Å². The van der Waals surface area contributed by atoms with Gasteiger partial charge in [0.05, 0.1) is 24.9 Å². The second kappa shape index (κ2) is 8.56. The SMILES string of the molecule is O=C(NCc1ccc(S(=O)(=O)c2ccc(F)c(C(F)(F)F)c2)cc1)c1cc2ccncc2s1. The molecule has 4 rings (SSSR count). The average Bonchev–Trinajstić information content (AvgIpc) is 3.21. The predicted molar refractivity (Wildman–Crippen MR) is 114 cm³/mol. The molecule has 0 saturated heterocycles. The highest BCUT2D eigenvalue weighted by Crippen LogP contribution is 2.34. The van der Waals surface area contributed by atoms with Crippen LogP contribution in [0.15, 0.2) is 76.8 Å². The fourth-order valence-corrected chi connectivity index (χ4v) is 5.31. The van der Waals surface area contributed by atoms with Gasteiger partial charge in [-0.05, 0) is 53.4 Å². The van der Waals surface area contributed by atoms with Crippen molar-refractivity contribution in [2.75, 3.05) is 0 Å². The number of alkyl halides is 3. The summed E-state index contributed by atoms with van der Waals surface area (Å²) in [6.07, 6.45) is -1.74. The molecule has 0 bridgehead atoms. The molecule has 0 fully saturated rings. The van der Waals surface area contributed by atoms with Crippen LogP contribution in [0.3, 0.4) is 0 Å². The summed E-state index contributed by atoms with van der Waals surface area (Å²) in [6, 6.07) is 10.4. The van der Waals surface area contributed by atoms with Crippen LogP contribution in [0.1, 0.15) is 20.8 Å². The molecule has 0 unspecified atom stereocenters. The van der Waals surface area contributed by atoms with E-state index in [2.05, 4.69) is 10.3 Å². The Labute approximate surface area is 189 Å². The Morgan fingerprint density at radius 2 is 1.70 bits per heavy atom. The molecular formula is C22H14F4N2O3S2. The summed E-state index contributed by atoms with van der Waals surface area (Å²) in [5.74, 6) is -1.86. The average molecular weight is 494 g/mol. The van der Waals surface area contributed by atoms with E-state index in [0.717, 1.165) is 16.2 Å². The molecule has 1 N–H and O–H groups in total. The number of carbonyl (C=O) groups excluding carboxylic acids is 1. The largest absolute Gasteiger partial charge is 0.419 e. The van der Waals surface area contributed by atoms with Crippen LogP contribution in [0.25, 0.3) is 10.1 Å². The van der Waals surface area contributed by atoms with Crippen LogP contribution in [0.5, 0.6) is 0 Å². The molecule has 0 saturated carbocycles. The number of nitrogens with zero attached hydrogens (tertiary/aromatic N) is 1. The zero-order valence-corrected chi connectivity index (χ0v) is 18.2. The second-order valence-electron chi connectivity index (χ2n) is 6.99. The van der Waals surface area contributed by atoms with Gasteiger partial charge in [0.1, 0.15) is 5.82 Å². The van der Waals surface area contributed by atoms with Crippen LogP contribution in [0, 0.1) is 5.82 Å². The van der Waals surface area contributed by atoms with Crippen LogP contribution < -0.4 is 5.32 Å². The zero-order valence-electron chi connectivity index (χ0n) is 16.6. The number of hydrogen-bond acceptors (Lipinski definition) is 5. The summed E-state index contributed by atoms with van der Waals surface area (Å²) in [5, 5.41) is 3.62. The fraction of sp³-hybridized carbons (Fsp3) is 0.0909. The zero-order chi connectivity index (χ0) is 23.8. The van der Waals surface area contributed by atoms with Crippen molar-refractivity contribution < 1.29 is 30.8 Å². The topological polar surface area (TPSA) is 76.1 Å². The molecule has 0 aliphatic heterocycles. The first-order chi connectivity index (χ1) is 15.6. The molecule has 0 aliphatic carbocycles. The van der Waals surface area contributed by atoms with Gasteiger partial charge in [0.25, 0.3) is 5.91 Å². The number of benzene rings is 2. The number of pyridine rings is 1. The number of sulfone groups is 1. The van der Waals surface area contributed by atoms with Gasteiger partial charge < -0.3 is 5.32 Å². The molecule has 2 aromatic carbocycles. The lowest BCUT2D eigenvalue weighted by atomic mass is 10.2. The number of amides is 1. The summed E-state index contributed by atoms with van der Waals surface area (Å²) in [4.78, 5) is 16.0. The first-order valence-corrected chi connectivity index (χ1v) is 11.7. The predicted octanol–water partition coefficient (Wildman–Crippen LogP) is 5.22. The molecule has 33 heavy (non-hydrogen) atoms. The van der Waals surface area contributed by atoms with E-state index in [0.29, 0.717) is 16.5 Å². The van der Waals surface area contributed by atoms with Gasteiger partial charge >= 0.3 is 6.18 Å². The number of aromatic nitrogens is 1. The first kappa shape index (κ1) is 22.9. The van der Waals surface area contributed by atoms with E-state index in [4.69, 9.17) is 0 Å². The van der Waals surface area contributed by atoms with Crippen molar-refractivity contribution in [2.45, 2.75) is 22.5 Å². The maximum Gasteiger partial charge on any atom is 0.419 e. The molecular weight excluding hydrogens is 480 g/mol. The van der Waals surface area contributed by atoms with Crippen molar-refractivity contribution in [1.82, 2.24) is 10.3 Å². The van der Waals surface area contributed by atoms with E-state index >= 15 is 0 Å². The Kier molecular flexibility index (Phi) is 5.93. The van der Waals surface area contributed by atoms with Gasteiger partial charge in [0, 0.05) is 18.9 Å². The highest BCUT2D eigenvalue weighted by atomic mass is 32.2. The van der Waals surface area contributed by atoms with Crippen molar-refractivity contribution in [3.8, 4) is 0 Å². The third-order valence-electron chi connectivity index (χ3n) is 4.79. The van der Waals surface area contributed by atoms with Crippen LogP contribution in [-0.4, -0.2) is 19.3 Å². The van der Waals surface area contributed by atoms with Gasteiger partial charge in [0.2, 0.25) is 9.84 Å². The summed E-state index contributed by atoms with van der Waals surface area (Å²) in [7, 11) is -4.30. The minimum absolute atomic E-state index is 0.112. The van der Waals surface area contributed by atoms with E-state index < -0.39 is 32.3 Å². The third-order valence-corrected chi connectivity index (χ3v) is 7.64. The molecule has 1 amide bonds. The Morgan fingerprint density at radius 3 is 2.36 bits per heavy atom. The maximum absolute atomic E-state index is 13.5. The van der Waals surface area contributed by atoms with Gasteiger partial charge in [0.15, 0.2) is 0 Å². The first-order valence-electron chi connectivity index (χ1n) is 9.38. The number of halogens is 4. The lowest BCUT2D eigenvalue weighted by Gasteiger charge is -2.11. The van der Waals surface area contributed by atoms with Crippen molar-refractivity contribution in [2.24, 2.45) is 0 Å². The molecule has 0 spiro atoms. The van der Waals surface area contributed by atoms with Gasteiger partial charge in [-0.15, -0.1) is 11.3 Å². The Bertz CT molecular complexity index is 1410. The van der Waals surface area contributed by atoms with E-state index in [1.54, 1.807) is 24.5 Å². The summed E-state index contributed by atoms with van der Waals surface area (Å²) < 4.78 is 78.6. The Morgan fingerprint density at radius 1 is 1.00 bits per heavy atom. The Hall–Kier alpha value is -3.31. The minimum atomic E-state index is -5.03. The van der Waals surface area contributed by atoms with Gasteiger partial charge in [-0.25, -0.2) is 12.8 Å². The van der Waals surface area contributed by atoms with Crippen molar-refractivity contribution in [3.63, 3.8) is 0 Å². The number of carbonyl (C=O) groups is 1. The number of hydrogen-bond donors (Lipinski definition) is 1. The van der Waals surface area contributed by atoms with E-state index in [9.17, 15) is 30.8 Å². The molecule has 2 aromatic heterocycles. The van der Waals surface area contributed by atoms with E-state index in [1.807, 2.05) is 0 Å². The fourth-order valence-electron chi connectivity index (χ4n) is 3.08. The standard InChI is InChI=1S/C22H14F4N2O3S2/c23-18-6-5-16(10-17(18)22(24,25)26)33(30,31)15-3-1-13(2-4-15)11-28-21(29)19-9-14-7-8-27-12-20(14)32-19/h1-10,12H,11H2,(H,28,29). The molecule has 0 radical (unpaired) electrons. The molecule has 5 nitrogen and oxygen atoms in total. The second-order valence-corrected chi connectivity index (χ2v) is 10.0. The lowest BCUT2D eigenvalue weighted by Crippen LogP contribution is -2.21.